The van der Waals surface area contributed by atoms with Crippen LogP contribution in [0.5, 0.6) is 5.75 Å². The fraction of sp³-hybridized carbons (Fsp3) is 0. The van der Waals surface area contributed by atoms with Gasteiger partial charge in [-0.3, -0.25) is 4.79 Å². The second-order valence-corrected chi connectivity index (χ2v) is 5.35. The topological polar surface area (TPSA) is 79.5 Å². The Labute approximate surface area is 143 Å². The van der Waals surface area contributed by atoms with Crippen LogP contribution in [0.25, 0.3) is 5.69 Å². The summed E-state index contributed by atoms with van der Waals surface area (Å²) >= 11 is 5.81. The van der Waals surface area contributed by atoms with Gasteiger partial charge in [0.2, 0.25) is 0 Å². The lowest BCUT2D eigenvalue weighted by Crippen LogP contribution is -2.17. The molecule has 0 radical (unpaired) electrons. The van der Waals surface area contributed by atoms with Gasteiger partial charge in [0.05, 0.1) is 23.7 Å². The highest BCUT2D eigenvalue weighted by atomic mass is 35.5. The fourth-order valence-electron chi connectivity index (χ4n) is 2.04. The van der Waals surface area contributed by atoms with Crippen molar-refractivity contribution in [2.24, 2.45) is 5.10 Å². The van der Waals surface area contributed by atoms with Crippen LogP contribution in [-0.4, -0.2) is 27.0 Å². The van der Waals surface area contributed by atoms with Gasteiger partial charge < -0.3 is 5.11 Å². The van der Waals surface area contributed by atoms with Gasteiger partial charge in [-0.1, -0.05) is 29.8 Å². The van der Waals surface area contributed by atoms with Crippen LogP contribution in [0.15, 0.2) is 66.0 Å². The molecule has 0 saturated heterocycles. The highest BCUT2D eigenvalue weighted by molar-refractivity contribution is 6.31. The zero-order valence-electron chi connectivity index (χ0n) is 12.4. The summed E-state index contributed by atoms with van der Waals surface area (Å²) in [6.07, 6.45) is 4.87. The van der Waals surface area contributed by atoms with Crippen molar-refractivity contribution in [2.75, 3.05) is 0 Å². The molecule has 0 atom stereocenters. The molecule has 0 spiro atoms. The SMILES string of the molecule is O=C(N/N=C\c1cnn(-c2ccccc2)c1)c1cc(Cl)ccc1O. The maximum Gasteiger partial charge on any atom is 0.275 e. The first-order valence-corrected chi connectivity index (χ1v) is 7.43. The van der Waals surface area contributed by atoms with Crippen molar-refractivity contribution in [3.05, 3.63) is 77.1 Å². The van der Waals surface area contributed by atoms with Crippen LogP contribution in [0.1, 0.15) is 15.9 Å². The number of phenolic OH excluding ortho intramolecular Hbond substituents is 1. The first-order valence-electron chi connectivity index (χ1n) is 7.05. The molecule has 0 aliphatic heterocycles. The Morgan fingerprint density at radius 1 is 1.25 bits per heavy atom. The van der Waals surface area contributed by atoms with Crippen molar-refractivity contribution in [1.82, 2.24) is 15.2 Å². The maximum absolute atomic E-state index is 12.0. The average Bonchev–Trinajstić information content (AvgIpc) is 3.06. The van der Waals surface area contributed by atoms with Crippen LogP contribution in [0.4, 0.5) is 0 Å². The number of nitrogens with zero attached hydrogens (tertiary/aromatic N) is 3. The Morgan fingerprint density at radius 2 is 2.04 bits per heavy atom. The smallest absolute Gasteiger partial charge is 0.275 e. The van der Waals surface area contributed by atoms with Crippen molar-refractivity contribution in [1.29, 1.82) is 0 Å². The van der Waals surface area contributed by atoms with Crippen LogP contribution >= 0.6 is 11.6 Å². The number of halogens is 1. The number of para-hydroxylation sites is 1. The van der Waals surface area contributed by atoms with Crippen LogP contribution in [-0.2, 0) is 0 Å². The lowest BCUT2D eigenvalue weighted by molar-refractivity contribution is 0.0952. The Kier molecular flexibility index (Phi) is 4.58. The predicted octanol–water partition coefficient (Wildman–Crippen LogP) is 3.00. The molecule has 3 rings (SSSR count). The molecule has 1 aromatic heterocycles. The van der Waals surface area contributed by atoms with Gasteiger partial charge >= 0.3 is 0 Å². The van der Waals surface area contributed by atoms with Crippen molar-refractivity contribution < 1.29 is 9.90 Å². The summed E-state index contributed by atoms with van der Waals surface area (Å²) in [5.74, 6) is -0.717. The van der Waals surface area contributed by atoms with E-state index in [4.69, 9.17) is 11.6 Å². The molecule has 2 N–H and O–H groups in total. The van der Waals surface area contributed by atoms with Gasteiger partial charge in [-0.15, -0.1) is 0 Å². The van der Waals surface area contributed by atoms with Gasteiger partial charge in [-0.2, -0.15) is 10.2 Å². The minimum atomic E-state index is -0.554. The number of hydrogen-bond acceptors (Lipinski definition) is 4. The highest BCUT2D eigenvalue weighted by Crippen LogP contribution is 2.21. The lowest BCUT2D eigenvalue weighted by atomic mass is 10.2. The van der Waals surface area contributed by atoms with Gasteiger partial charge in [0.15, 0.2) is 0 Å². The Balaban J connectivity index is 1.68. The number of hydrogen-bond donors (Lipinski definition) is 2. The number of carbonyl (C=O) groups is 1. The minimum absolute atomic E-state index is 0.0552. The molecule has 0 saturated carbocycles. The van der Waals surface area contributed by atoms with E-state index in [1.54, 1.807) is 17.1 Å². The zero-order chi connectivity index (χ0) is 16.9. The van der Waals surface area contributed by atoms with E-state index < -0.39 is 5.91 Å². The Bertz CT molecular complexity index is 891. The summed E-state index contributed by atoms with van der Waals surface area (Å²) < 4.78 is 1.70. The van der Waals surface area contributed by atoms with Crippen molar-refractivity contribution in [3.63, 3.8) is 0 Å². The number of benzene rings is 2. The second-order valence-electron chi connectivity index (χ2n) is 4.91. The summed E-state index contributed by atoms with van der Waals surface area (Å²) in [7, 11) is 0. The fourth-order valence-corrected chi connectivity index (χ4v) is 2.21. The molecule has 0 unspecified atom stereocenters. The molecule has 24 heavy (non-hydrogen) atoms. The first kappa shape index (κ1) is 15.8. The molecule has 1 amide bonds. The van der Waals surface area contributed by atoms with Gasteiger partial charge in [-0.25, -0.2) is 10.1 Å². The third-order valence-corrected chi connectivity index (χ3v) is 3.44. The van der Waals surface area contributed by atoms with Gasteiger partial charge in [0.25, 0.3) is 5.91 Å². The summed E-state index contributed by atoms with van der Waals surface area (Å²) in [4.78, 5) is 12.0. The number of phenols is 1. The lowest BCUT2D eigenvalue weighted by Gasteiger charge is -2.02. The van der Waals surface area contributed by atoms with Crippen LogP contribution < -0.4 is 5.43 Å². The number of hydrazone groups is 1. The number of aromatic nitrogens is 2. The van der Waals surface area contributed by atoms with Gasteiger partial charge in [0.1, 0.15) is 5.75 Å². The molecule has 0 aliphatic carbocycles. The quantitative estimate of drug-likeness (QED) is 0.566. The van der Waals surface area contributed by atoms with E-state index in [2.05, 4.69) is 15.6 Å². The highest BCUT2D eigenvalue weighted by Gasteiger charge is 2.10. The van der Waals surface area contributed by atoms with E-state index in [0.717, 1.165) is 11.3 Å². The standard InChI is InChI=1S/C17H13ClN4O2/c18-13-6-7-16(23)15(8-13)17(24)21-19-9-12-10-20-22(11-12)14-4-2-1-3-5-14/h1-11,23H,(H,21,24)/b19-9-. The Hall–Kier alpha value is -3.12. The van der Waals surface area contributed by atoms with Crippen molar-refractivity contribution in [2.45, 2.75) is 0 Å². The van der Waals surface area contributed by atoms with E-state index >= 15 is 0 Å². The molecule has 1 heterocycles. The van der Waals surface area contributed by atoms with Crippen LogP contribution in [0.3, 0.4) is 0 Å². The van der Waals surface area contributed by atoms with E-state index in [-0.39, 0.29) is 11.3 Å². The number of nitrogens with one attached hydrogen (secondary N) is 1. The molecular formula is C17H13ClN4O2. The van der Waals surface area contributed by atoms with Gasteiger partial charge in [0, 0.05) is 16.8 Å². The Morgan fingerprint density at radius 3 is 2.83 bits per heavy atom. The van der Waals surface area contributed by atoms with E-state index in [0.29, 0.717) is 5.02 Å². The number of rotatable bonds is 4. The number of carbonyl (C=O) groups excluding carboxylic acids is 1. The summed E-state index contributed by atoms with van der Waals surface area (Å²) in [6, 6.07) is 13.8. The first-order chi connectivity index (χ1) is 11.6. The molecule has 120 valence electrons. The second kappa shape index (κ2) is 6.97. The summed E-state index contributed by atoms with van der Waals surface area (Å²) in [6.45, 7) is 0. The van der Waals surface area contributed by atoms with Gasteiger partial charge in [-0.05, 0) is 30.3 Å². The molecule has 7 heteroatoms. The molecule has 6 nitrogen and oxygen atoms in total. The molecule has 0 bridgehead atoms. The van der Waals surface area contributed by atoms with Crippen molar-refractivity contribution >= 4 is 23.7 Å². The third kappa shape index (κ3) is 3.61. The minimum Gasteiger partial charge on any atom is -0.507 e. The molecule has 2 aromatic carbocycles. The summed E-state index contributed by atoms with van der Waals surface area (Å²) in [5, 5.41) is 18.1. The maximum atomic E-state index is 12.0. The van der Waals surface area contributed by atoms with E-state index in [1.807, 2.05) is 30.3 Å². The van der Waals surface area contributed by atoms with Crippen molar-refractivity contribution in [3.8, 4) is 11.4 Å². The van der Waals surface area contributed by atoms with Crippen LogP contribution in [0, 0.1) is 0 Å². The van der Waals surface area contributed by atoms with E-state index in [9.17, 15) is 9.90 Å². The largest absolute Gasteiger partial charge is 0.507 e. The average molecular weight is 341 g/mol. The normalized spacial score (nSPS) is 10.9. The van der Waals surface area contributed by atoms with Crippen LogP contribution in [0.2, 0.25) is 5.02 Å². The zero-order valence-corrected chi connectivity index (χ0v) is 13.2. The molecule has 0 aliphatic rings. The molecule has 0 fully saturated rings. The number of amides is 1. The third-order valence-electron chi connectivity index (χ3n) is 3.21. The summed E-state index contributed by atoms with van der Waals surface area (Å²) in [5.41, 5.74) is 4.03. The van der Waals surface area contributed by atoms with E-state index in [1.165, 1.54) is 24.4 Å². The number of aromatic hydroxyl groups is 1. The predicted molar refractivity (Wildman–Crippen MR) is 91.7 cm³/mol. The molecular weight excluding hydrogens is 328 g/mol. The molecule has 3 aromatic rings. The monoisotopic (exact) mass is 340 g/mol.